The molecule has 1 atom stereocenters. The van der Waals surface area contributed by atoms with E-state index in [0.29, 0.717) is 30.2 Å². The molecule has 41 heavy (non-hydrogen) atoms. The number of aryl methyl sites for hydroxylation is 1. The predicted molar refractivity (Wildman–Crippen MR) is 146 cm³/mol. The quantitative estimate of drug-likeness (QED) is 0.173. The summed E-state index contributed by atoms with van der Waals surface area (Å²) >= 11 is 6.21. The molecule has 4 aromatic rings. The molecule has 13 heteroatoms. The molecular weight excluding hydrogens is 584 g/mol. The minimum atomic E-state index is -4.72. The van der Waals surface area contributed by atoms with Crippen molar-refractivity contribution in [3.63, 3.8) is 0 Å². The Morgan fingerprint density at radius 3 is 2.63 bits per heavy atom. The van der Waals surface area contributed by atoms with Gasteiger partial charge in [0.25, 0.3) is 10.0 Å². The third-order valence-corrected chi connectivity index (χ3v) is 8.65. The number of anilines is 1. The lowest BCUT2D eigenvalue weighted by Crippen LogP contribution is -2.44. The normalized spacial score (nSPS) is 15.9. The monoisotopic (exact) mass is 606 g/mol. The lowest BCUT2D eigenvalue weighted by molar-refractivity contribution is -0.137. The summed E-state index contributed by atoms with van der Waals surface area (Å²) in [6, 6.07) is 12.7. The summed E-state index contributed by atoms with van der Waals surface area (Å²) in [5.41, 5.74) is 0.256. The number of fused-ring (bicyclic) bond motifs is 1. The summed E-state index contributed by atoms with van der Waals surface area (Å²) in [7, 11) is -4.46. The van der Waals surface area contributed by atoms with Gasteiger partial charge in [-0.1, -0.05) is 41.1 Å². The molecule has 214 valence electrons. The van der Waals surface area contributed by atoms with E-state index in [9.17, 15) is 26.0 Å². The molecule has 1 aliphatic heterocycles. The van der Waals surface area contributed by atoms with Crippen LogP contribution in [-0.2, 0) is 22.7 Å². The van der Waals surface area contributed by atoms with E-state index < -0.39 is 38.6 Å². The second-order valence-corrected chi connectivity index (χ2v) is 11.7. The Labute approximate surface area is 238 Å². The van der Waals surface area contributed by atoms with E-state index in [4.69, 9.17) is 16.3 Å². The molecule has 3 aromatic carbocycles. The minimum absolute atomic E-state index is 0.139. The van der Waals surface area contributed by atoms with E-state index in [1.54, 1.807) is 42.1 Å². The Morgan fingerprint density at radius 2 is 1.93 bits per heavy atom. The maximum Gasteiger partial charge on any atom is 0.416 e. The molecule has 0 saturated heterocycles. The third kappa shape index (κ3) is 6.08. The van der Waals surface area contributed by atoms with Gasteiger partial charge in [-0.25, -0.2) is 12.8 Å². The molecule has 0 N–H and O–H groups in total. The summed E-state index contributed by atoms with van der Waals surface area (Å²) in [5.74, 6) is -0.286. The smallest absolute Gasteiger partial charge is 0.416 e. The van der Waals surface area contributed by atoms with E-state index in [-0.39, 0.29) is 28.6 Å². The molecule has 0 fully saturated rings. The molecule has 5 rings (SSSR count). The van der Waals surface area contributed by atoms with E-state index >= 15 is 0 Å². The summed E-state index contributed by atoms with van der Waals surface area (Å²) in [5, 5.41) is 7.86. The van der Waals surface area contributed by atoms with Crippen LogP contribution in [-0.4, -0.2) is 36.1 Å². The second kappa shape index (κ2) is 11.2. The zero-order valence-electron chi connectivity index (χ0n) is 21.5. The summed E-state index contributed by atoms with van der Waals surface area (Å²) in [4.78, 5) is -0.509. The van der Waals surface area contributed by atoms with Gasteiger partial charge in [-0.05, 0) is 60.5 Å². The molecule has 0 saturated carbocycles. The van der Waals surface area contributed by atoms with Crippen molar-refractivity contribution in [2.45, 2.75) is 37.1 Å². The van der Waals surface area contributed by atoms with Gasteiger partial charge in [0.15, 0.2) is 0 Å². The van der Waals surface area contributed by atoms with E-state index in [1.165, 1.54) is 24.4 Å². The van der Waals surface area contributed by atoms with Crippen LogP contribution in [0.5, 0.6) is 5.75 Å². The number of ether oxygens (including phenoxy) is 1. The SMILES string of the molecule is C/C(=C\c1ccc2c(c1)N(S(=O)(=O)c1cccc(C(F)(F)F)c1)C[C@H](CCn1ccnn1)O2)c1c(F)cccc1Cl. The number of sulfonamides is 1. The van der Waals surface area contributed by atoms with Crippen molar-refractivity contribution in [2.75, 3.05) is 10.8 Å². The van der Waals surface area contributed by atoms with Gasteiger partial charge in [-0.3, -0.25) is 8.99 Å². The number of aromatic nitrogens is 3. The fourth-order valence-corrected chi connectivity index (χ4v) is 6.44. The average Bonchev–Trinajstić information content (AvgIpc) is 3.45. The van der Waals surface area contributed by atoms with Crippen molar-refractivity contribution in [2.24, 2.45) is 0 Å². The number of halogens is 5. The fraction of sp³-hybridized carbons (Fsp3) is 0.214. The number of hydrogen-bond acceptors (Lipinski definition) is 5. The topological polar surface area (TPSA) is 77.3 Å². The van der Waals surface area contributed by atoms with Crippen molar-refractivity contribution in [3.05, 3.63) is 101 Å². The largest absolute Gasteiger partial charge is 0.486 e. The number of allylic oxidation sites excluding steroid dienone is 1. The van der Waals surface area contributed by atoms with Gasteiger partial charge in [-0.15, -0.1) is 5.10 Å². The van der Waals surface area contributed by atoms with Gasteiger partial charge >= 0.3 is 6.18 Å². The maximum absolute atomic E-state index is 14.5. The first-order chi connectivity index (χ1) is 19.4. The first-order valence-corrected chi connectivity index (χ1v) is 14.2. The Balaban J connectivity index is 1.56. The highest BCUT2D eigenvalue weighted by molar-refractivity contribution is 7.92. The van der Waals surface area contributed by atoms with Crippen LogP contribution in [0.1, 0.15) is 30.0 Å². The van der Waals surface area contributed by atoms with Crippen molar-refractivity contribution in [1.29, 1.82) is 0 Å². The first-order valence-electron chi connectivity index (χ1n) is 12.4. The van der Waals surface area contributed by atoms with Crippen LogP contribution in [0.25, 0.3) is 11.6 Å². The van der Waals surface area contributed by atoms with Crippen LogP contribution >= 0.6 is 11.6 Å². The van der Waals surface area contributed by atoms with Crippen LogP contribution in [0.15, 0.2) is 78.0 Å². The van der Waals surface area contributed by atoms with E-state index in [0.717, 1.165) is 22.5 Å². The number of benzene rings is 3. The van der Waals surface area contributed by atoms with Gasteiger partial charge in [0.1, 0.15) is 17.7 Å². The van der Waals surface area contributed by atoms with Gasteiger partial charge in [0.2, 0.25) is 0 Å². The lowest BCUT2D eigenvalue weighted by atomic mass is 10.0. The summed E-state index contributed by atoms with van der Waals surface area (Å²) in [6.07, 6.45) is -0.213. The Kier molecular flexibility index (Phi) is 7.80. The van der Waals surface area contributed by atoms with Crippen molar-refractivity contribution in [3.8, 4) is 5.75 Å². The molecule has 0 radical (unpaired) electrons. The number of nitrogens with zero attached hydrogens (tertiary/aromatic N) is 4. The minimum Gasteiger partial charge on any atom is -0.486 e. The van der Waals surface area contributed by atoms with Gasteiger partial charge in [0.05, 0.1) is 33.9 Å². The van der Waals surface area contributed by atoms with E-state index in [2.05, 4.69) is 10.3 Å². The van der Waals surface area contributed by atoms with E-state index in [1.807, 2.05) is 0 Å². The molecule has 1 aliphatic rings. The molecule has 7 nitrogen and oxygen atoms in total. The number of alkyl halides is 3. The zero-order chi connectivity index (χ0) is 29.4. The van der Waals surface area contributed by atoms with Crippen LogP contribution < -0.4 is 9.04 Å². The van der Waals surface area contributed by atoms with Crippen LogP contribution in [0.2, 0.25) is 5.02 Å². The molecule has 0 bridgehead atoms. The zero-order valence-corrected chi connectivity index (χ0v) is 23.1. The standard InChI is InChI=1S/C28H23ClF4N4O3S/c1-18(27-23(29)6-3-7-24(27)30)14-19-8-9-26-25(15-19)37(17-21(40-26)10-12-36-13-11-34-35-36)41(38,39)22-5-2-4-20(16-22)28(31,32)33/h2-9,11,13-16,21H,10,12,17H2,1H3/b18-14+/t21-/m0/s1. The lowest BCUT2D eigenvalue weighted by Gasteiger charge is -2.36. The van der Waals surface area contributed by atoms with Gasteiger partial charge < -0.3 is 4.74 Å². The van der Waals surface area contributed by atoms with Crippen molar-refractivity contribution < 1.29 is 30.7 Å². The van der Waals surface area contributed by atoms with Gasteiger partial charge in [-0.2, -0.15) is 13.2 Å². The Hall–Kier alpha value is -3.90. The van der Waals surface area contributed by atoms with Gasteiger partial charge in [0, 0.05) is 24.7 Å². The fourth-order valence-electron chi connectivity index (χ4n) is 4.58. The molecule has 2 heterocycles. The third-order valence-electron chi connectivity index (χ3n) is 6.56. The Bertz CT molecular complexity index is 1690. The molecule has 1 aromatic heterocycles. The second-order valence-electron chi connectivity index (χ2n) is 9.41. The molecule has 0 unspecified atom stereocenters. The highest BCUT2D eigenvalue weighted by atomic mass is 35.5. The van der Waals surface area contributed by atoms with Crippen LogP contribution in [0.3, 0.4) is 0 Å². The van der Waals surface area contributed by atoms with Crippen molar-refractivity contribution >= 4 is 39.0 Å². The average molecular weight is 607 g/mol. The molecule has 0 spiro atoms. The Morgan fingerprint density at radius 1 is 1.15 bits per heavy atom. The predicted octanol–water partition coefficient (Wildman–Crippen LogP) is 6.70. The first kappa shape index (κ1) is 28.6. The molecule has 0 aliphatic carbocycles. The summed E-state index contributed by atoms with van der Waals surface area (Å²) < 4.78 is 91.2. The van der Waals surface area contributed by atoms with Crippen LogP contribution in [0.4, 0.5) is 23.2 Å². The molecule has 0 amide bonds. The maximum atomic E-state index is 14.5. The highest BCUT2D eigenvalue weighted by Gasteiger charge is 2.37. The summed E-state index contributed by atoms with van der Waals surface area (Å²) in [6.45, 7) is 1.88. The number of hydrogen-bond donors (Lipinski definition) is 0. The highest BCUT2D eigenvalue weighted by Crippen LogP contribution is 2.40. The van der Waals surface area contributed by atoms with Crippen molar-refractivity contribution in [1.82, 2.24) is 15.0 Å². The molecular formula is C28H23ClF4N4O3S. The number of rotatable bonds is 7. The van der Waals surface area contributed by atoms with Crippen LogP contribution in [0, 0.1) is 5.82 Å².